The van der Waals surface area contributed by atoms with Crippen molar-refractivity contribution in [2.75, 3.05) is 6.54 Å². The Bertz CT molecular complexity index is 381. The van der Waals surface area contributed by atoms with E-state index in [0.29, 0.717) is 6.42 Å². The second kappa shape index (κ2) is 5.46. The molecule has 88 valence electrons. The molecule has 4 nitrogen and oxygen atoms in total. The predicted octanol–water partition coefficient (Wildman–Crippen LogP) is 1.03. The highest BCUT2D eigenvalue weighted by molar-refractivity contribution is 5.94. The third-order valence-electron chi connectivity index (χ3n) is 2.17. The van der Waals surface area contributed by atoms with Crippen LogP contribution in [0.15, 0.2) is 18.2 Å². The molecule has 1 rings (SSSR count). The fraction of sp³-hybridized carbons (Fsp3) is 0.364. The third kappa shape index (κ3) is 3.20. The number of nitrogens with one attached hydrogen (secondary N) is 1. The Morgan fingerprint density at radius 1 is 1.56 bits per heavy atom. The highest BCUT2D eigenvalue weighted by Gasteiger charge is 2.12. The average molecular weight is 227 g/mol. The number of hydrogen-bond acceptors (Lipinski definition) is 3. The highest BCUT2D eigenvalue weighted by atomic mass is 19.1. The molecule has 1 aromatic rings. The molecule has 16 heavy (non-hydrogen) atoms. The van der Waals surface area contributed by atoms with E-state index in [4.69, 9.17) is 5.11 Å². The van der Waals surface area contributed by atoms with Crippen molar-refractivity contribution in [1.29, 1.82) is 0 Å². The summed E-state index contributed by atoms with van der Waals surface area (Å²) in [6.07, 6.45) is -0.123. The van der Waals surface area contributed by atoms with Crippen LogP contribution in [0.25, 0.3) is 0 Å². The number of phenolic OH excluding ortho intramolecular Hbond substituents is 1. The summed E-state index contributed by atoms with van der Waals surface area (Å²) in [5, 5.41) is 20.6. The van der Waals surface area contributed by atoms with Crippen LogP contribution < -0.4 is 5.32 Å². The van der Waals surface area contributed by atoms with E-state index >= 15 is 0 Å². The number of rotatable bonds is 4. The third-order valence-corrected chi connectivity index (χ3v) is 2.17. The minimum absolute atomic E-state index is 0.0790. The Labute approximate surface area is 92.7 Å². The van der Waals surface area contributed by atoms with Crippen LogP contribution in [-0.4, -0.2) is 28.8 Å². The van der Waals surface area contributed by atoms with Crippen LogP contribution >= 0.6 is 0 Å². The van der Waals surface area contributed by atoms with E-state index in [-0.39, 0.29) is 17.9 Å². The number of aliphatic hydroxyl groups is 1. The summed E-state index contributed by atoms with van der Waals surface area (Å²) in [5.74, 6) is -1.63. The summed E-state index contributed by atoms with van der Waals surface area (Å²) in [6.45, 7) is 1.85. The monoisotopic (exact) mass is 227 g/mol. The first-order chi connectivity index (χ1) is 7.54. The van der Waals surface area contributed by atoms with Gasteiger partial charge >= 0.3 is 0 Å². The number of hydrogen-bond donors (Lipinski definition) is 3. The quantitative estimate of drug-likeness (QED) is 0.719. The minimum atomic E-state index is -0.788. The lowest BCUT2D eigenvalue weighted by Gasteiger charge is -2.09. The van der Waals surface area contributed by atoms with E-state index in [9.17, 15) is 14.3 Å². The molecule has 5 heteroatoms. The normalized spacial score (nSPS) is 12.2. The first kappa shape index (κ1) is 12.4. The number of aliphatic hydroxyl groups excluding tert-OH is 1. The first-order valence-electron chi connectivity index (χ1n) is 4.99. The lowest BCUT2D eigenvalue weighted by molar-refractivity contribution is 0.0910. The van der Waals surface area contributed by atoms with Crippen molar-refractivity contribution in [3.8, 4) is 5.75 Å². The van der Waals surface area contributed by atoms with Gasteiger partial charge in [0.25, 0.3) is 5.91 Å². The number of carbonyl (C=O) groups excluding carboxylic acids is 1. The fourth-order valence-corrected chi connectivity index (χ4v) is 1.14. The van der Waals surface area contributed by atoms with Crippen molar-refractivity contribution >= 4 is 5.91 Å². The van der Waals surface area contributed by atoms with E-state index < -0.39 is 17.8 Å². The minimum Gasteiger partial charge on any atom is -0.508 e. The Morgan fingerprint density at radius 2 is 2.25 bits per heavy atom. The molecule has 1 unspecified atom stereocenters. The van der Waals surface area contributed by atoms with Crippen LogP contribution in [0, 0.1) is 5.82 Å². The first-order valence-corrected chi connectivity index (χ1v) is 4.99. The second-order valence-corrected chi connectivity index (χ2v) is 3.44. The number of carbonyl (C=O) groups is 1. The summed E-state index contributed by atoms with van der Waals surface area (Å²) < 4.78 is 13.2. The largest absolute Gasteiger partial charge is 0.508 e. The van der Waals surface area contributed by atoms with Crippen molar-refractivity contribution < 1.29 is 19.4 Å². The Hall–Kier alpha value is -1.62. The van der Waals surface area contributed by atoms with Crippen LogP contribution in [0.4, 0.5) is 4.39 Å². The van der Waals surface area contributed by atoms with Gasteiger partial charge in [-0.15, -0.1) is 0 Å². The fourth-order valence-electron chi connectivity index (χ4n) is 1.14. The molecule has 0 aliphatic carbocycles. The van der Waals surface area contributed by atoms with Crippen molar-refractivity contribution in [2.24, 2.45) is 0 Å². The zero-order chi connectivity index (χ0) is 12.1. The number of halogens is 1. The van der Waals surface area contributed by atoms with Gasteiger partial charge in [-0.3, -0.25) is 4.79 Å². The maximum absolute atomic E-state index is 13.2. The van der Waals surface area contributed by atoms with Gasteiger partial charge in [0.05, 0.1) is 11.7 Å². The van der Waals surface area contributed by atoms with Gasteiger partial charge in [-0.05, 0) is 18.6 Å². The molecule has 0 radical (unpaired) electrons. The molecule has 0 fully saturated rings. The molecule has 0 aromatic heterocycles. The van der Waals surface area contributed by atoms with E-state index in [2.05, 4.69) is 5.32 Å². The summed E-state index contributed by atoms with van der Waals surface area (Å²) in [6, 6.07) is 3.29. The number of phenols is 1. The van der Waals surface area contributed by atoms with Gasteiger partial charge in [0, 0.05) is 12.6 Å². The van der Waals surface area contributed by atoms with Gasteiger partial charge < -0.3 is 15.5 Å². The van der Waals surface area contributed by atoms with Gasteiger partial charge in [-0.25, -0.2) is 4.39 Å². The lowest BCUT2D eigenvalue weighted by Crippen LogP contribution is -2.32. The zero-order valence-corrected chi connectivity index (χ0v) is 8.90. The molecule has 1 atom stereocenters. The van der Waals surface area contributed by atoms with Crippen LogP contribution in [-0.2, 0) is 0 Å². The van der Waals surface area contributed by atoms with Crippen molar-refractivity contribution in [3.63, 3.8) is 0 Å². The van der Waals surface area contributed by atoms with Gasteiger partial charge in [0.1, 0.15) is 11.6 Å². The molecule has 0 aliphatic heterocycles. The smallest absolute Gasteiger partial charge is 0.254 e. The molecule has 0 heterocycles. The van der Waals surface area contributed by atoms with Crippen LogP contribution in [0.1, 0.15) is 23.7 Å². The van der Waals surface area contributed by atoms with Crippen molar-refractivity contribution in [1.82, 2.24) is 5.32 Å². The van der Waals surface area contributed by atoms with E-state index in [1.165, 1.54) is 12.1 Å². The molecule has 0 bridgehead atoms. The summed E-state index contributed by atoms with van der Waals surface area (Å²) in [5.41, 5.74) is -0.152. The maximum atomic E-state index is 13.2. The summed E-state index contributed by atoms with van der Waals surface area (Å²) in [7, 11) is 0. The predicted molar refractivity (Wildman–Crippen MR) is 56.7 cm³/mol. The van der Waals surface area contributed by atoms with Gasteiger partial charge in [-0.2, -0.15) is 0 Å². The molecule has 3 N–H and O–H groups in total. The Kier molecular flexibility index (Phi) is 4.25. The zero-order valence-electron chi connectivity index (χ0n) is 8.90. The molecule has 1 amide bonds. The topological polar surface area (TPSA) is 69.6 Å². The van der Waals surface area contributed by atoms with E-state index in [1.54, 1.807) is 6.92 Å². The molecule has 1 aromatic carbocycles. The van der Waals surface area contributed by atoms with Crippen LogP contribution in [0.3, 0.4) is 0 Å². The number of aromatic hydroxyl groups is 1. The number of amides is 1. The Balaban J connectivity index is 2.66. The average Bonchev–Trinajstić information content (AvgIpc) is 2.25. The summed E-state index contributed by atoms with van der Waals surface area (Å²) in [4.78, 5) is 11.5. The SMILES string of the molecule is CCC(O)CNC(=O)c1ccc(O)cc1F. The van der Waals surface area contributed by atoms with Crippen molar-refractivity contribution in [3.05, 3.63) is 29.6 Å². The molecule has 0 saturated heterocycles. The molecular weight excluding hydrogens is 213 g/mol. The van der Waals surface area contributed by atoms with E-state index in [1.807, 2.05) is 0 Å². The molecular formula is C11H14FNO3. The van der Waals surface area contributed by atoms with E-state index in [0.717, 1.165) is 6.07 Å². The highest BCUT2D eigenvalue weighted by Crippen LogP contribution is 2.14. The summed E-state index contributed by atoms with van der Waals surface area (Å²) >= 11 is 0. The van der Waals surface area contributed by atoms with Crippen molar-refractivity contribution in [2.45, 2.75) is 19.4 Å². The standard InChI is InChI=1S/C11H14FNO3/c1-2-7(14)6-13-11(16)9-4-3-8(15)5-10(9)12/h3-5,7,14-15H,2,6H2,1H3,(H,13,16). The number of benzene rings is 1. The van der Waals surface area contributed by atoms with Crippen LogP contribution in [0.2, 0.25) is 0 Å². The van der Waals surface area contributed by atoms with Gasteiger partial charge in [-0.1, -0.05) is 6.92 Å². The second-order valence-electron chi connectivity index (χ2n) is 3.44. The van der Waals surface area contributed by atoms with Gasteiger partial charge in [0.15, 0.2) is 0 Å². The molecule has 0 saturated carbocycles. The molecule has 0 aliphatic rings. The maximum Gasteiger partial charge on any atom is 0.254 e. The molecule has 0 spiro atoms. The Morgan fingerprint density at radius 3 is 2.81 bits per heavy atom. The lowest BCUT2D eigenvalue weighted by atomic mass is 10.2. The van der Waals surface area contributed by atoms with Gasteiger partial charge in [0.2, 0.25) is 0 Å². The van der Waals surface area contributed by atoms with Crippen LogP contribution in [0.5, 0.6) is 5.75 Å².